The fourth-order valence-electron chi connectivity index (χ4n) is 4.92. The first-order valence-corrected chi connectivity index (χ1v) is 12.5. The van der Waals surface area contributed by atoms with Gasteiger partial charge >= 0.3 is 0 Å². The summed E-state index contributed by atoms with van der Waals surface area (Å²) < 4.78 is 4.02. The first-order chi connectivity index (χ1) is 16.3. The number of likely N-dealkylation sites (tertiary alicyclic amines) is 1. The number of nitrogens with zero attached hydrogens (tertiary/aromatic N) is 6. The molecule has 4 aromatic rings. The van der Waals surface area contributed by atoms with E-state index in [9.17, 15) is 0 Å². The van der Waals surface area contributed by atoms with Gasteiger partial charge in [-0.1, -0.05) is 30.3 Å². The molecule has 0 amide bonds. The first kappa shape index (κ1) is 20.6. The Bertz CT molecular complexity index is 1210. The van der Waals surface area contributed by atoms with Crippen LogP contribution in [0.25, 0.3) is 16.9 Å². The van der Waals surface area contributed by atoms with Crippen molar-refractivity contribution in [1.29, 1.82) is 0 Å². The largest absolute Gasteiger partial charge is 0.303 e. The van der Waals surface area contributed by atoms with E-state index in [1.54, 1.807) is 0 Å². The number of benzene rings is 1. The molecular formula is C27H32N6. The van der Waals surface area contributed by atoms with Crippen LogP contribution in [0.5, 0.6) is 0 Å². The van der Waals surface area contributed by atoms with Gasteiger partial charge in [-0.25, -0.2) is 9.50 Å². The van der Waals surface area contributed by atoms with Crippen LogP contribution >= 0.6 is 0 Å². The lowest BCUT2D eigenvalue weighted by atomic mass is 10.1. The second-order valence-corrected chi connectivity index (χ2v) is 9.75. The fourth-order valence-corrected chi connectivity index (χ4v) is 4.92. The van der Waals surface area contributed by atoms with Crippen molar-refractivity contribution in [2.75, 3.05) is 19.6 Å². The van der Waals surface area contributed by atoms with Crippen LogP contribution < -0.4 is 0 Å². The summed E-state index contributed by atoms with van der Waals surface area (Å²) in [4.78, 5) is 7.39. The summed E-state index contributed by atoms with van der Waals surface area (Å²) >= 11 is 0. The van der Waals surface area contributed by atoms with Gasteiger partial charge in [0.25, 0.3) is 0 Å². The number of rotatable bonds is 9. The van der Waals surface area contributed by atoms with Gasteiger partial charge in [0.15, 0.2) is 11.5 Å². The van der Waals surface area contributed by atoms with E-state index >= 15 is 0 Å². The van der Waals surface area contributed by atoms with Gasteiger partial charge < -0.3 is 4.90 Å². The van der Waals surface area contributed by atoms with Gasteiger partial charge in [-0.3, -0.25) is 4.68 Å². The molecule has 1 aliphatic heterocycles. The highest BCUT2D eigenvalue weighted by molar-refractivity contribution is 5.61. The van der Waals surface area contributed by atoms with Crippen LogP contribution in [0.4, 0.5) is 0 Å². The Balaban J connectivity index is 1.12. The van der Waals surface area contributed by atoms with Crippen molar-refractivity contribution in [2.45, 2.75) is 51.5 Å². The van der Waals surface area contributed by atoms with Crippen LogP contribution in [0.1, 0.15) is 49.1 Å². The number of fused-ring (bicyclic) bond motifs is 1. The van der Waals surface area contributed by atoms with E-state index in [1.807, 2.05) is 16.8 Å². The third-order valence-electron chi connectivity index (χ3n) is 7.00. The minimum Gasteiger partial charge on any atom is -0.303 e. The molecule has 4 heterocycles. The zero-order chi connectivity index (χ0) is 22.0. The Hall–Kier alpha value is -2.99. The topological polar surface area (TPSA) is 51.3 Å². The van der Waals surface area contributed by atoms with E-state index in [0.717, 1.165) is 48.0 Å². The predicted octanol–water partition coefficient (Wildman–Crippen LogP) is 4.62. The SMILES string of the molecule is c1cc(-c2cnn(CC3CC3)c2)n2nc(Cc3ccc(CCCN4CCCC4)cc3)nc2c1. The molecule has 33 heavy (non-hydrogen) atoms. The number of hydrogen-bond donors (Lipinski definition) is 0. The lowest BCUT2D eigenvalue weighted by Crippen LogP contribution is -2.20. The van der Waals surface area contributed by atoms with Gasteiger partial charge in [-0.15, -0.1) is 0 Å². The zero-order valence-electron chi connectivity index (χ0n) is 19.2. The maximum atomic E-state index is 4.85. The Morgan fingerprint density at radius 3 is 2.58 bits per heavy atom. The van der Waals surface area contributed by atoms with Gasteiger partial charge in [0, 0.05) is 24.7 Å². The average Bonchev–Trinajstić information content (AvgIpc) is 3.21. The molecule has 0 unspecified atom stereocenters. The van der Waals surface area contributed by atoms with Crippen molar-refractivity contribution in [3.05, 3.63) is 71.8 Å². The van der Waals surface area contributed by atoms with Gasteiger partial charge in [-0.2, -0.15) is 10.2 Å². The molecule has 1 saturated heterocycles. The van der Waals surface area contributed by atoms with Crippen molar-refractivity contribution in [3.8, 4) is 11.3 Å². The number of pyridine rings is 1. The summed E-state index contributed by atoms with van der Waals surface area (Å²) in [5.74, 6) is 1.66. The Labute approximate surface area is 195 Å². The third-order valence-corrected chi connectivity index (χ3v) is 7.00. The van der Waals surface area contributed by atoms with Crippen molar-refractivity contribution < 1.29 is 0 Å². The Morgan fingerprint density at radius 1 is 0.939 bits per heavy atom. The number of aryl methyl sites for hydroxylation is 1. The second kappa shape index (κ2) is 9.10. The van der Waals surface area contributed by atoms with E-state index in [4.69, 9.17) is 10.1 Å². The molecule has 2 fully saturated rings. The van der Waals surface area contributed by atoms with E-state index in [1.165, 1.54) is 62.9 Å². The van der Waals surface area contributed by atoms with Crippen LogP contribution in [0.2, 0.25) is 0 Å². The summed E-state index contributed by atoms with van der Waals surface area (Å²) in [5, 5.41) is 9.40. The van der Waals surface area contributed by atoms with Crippen molar-refractivity contribution >= 4 is 5.65 Å². The molecule has 6 rings (SSSR count). The maximum absolute atomic E-state index is 4.85. The molecule has 2 aliphatic rings. The van der Waals surface area contributed by atoms with E-state index in [-0.39, 0.29) is 0 Å². The van der Waals surface area contributed by atoms with E-state index in [0.29, 0.717) is 0 Å². The number of aromatic nitrogens is 5. The number of hydrogen-bond acceptors (Lipinski definition) is 4. The lowest BCUT2D eigenvalue weighted by molar-refractivity contribution is 0.334. The molecular weight excluding hydrogens is 408 g/mol. The standard InChI is InChI=1S/C27H32N6/c1-2-15-31(14-1)16-4-5-21-8-10-22(11-9-21)17-26-29-27-7-3-6-25(33(27)30-26)24-18-28-32(20-24)19-23-12-13-23/h3,6-11,18,20,23H,1-2,4-5,12-17,19H2. The summed E-state index contributed by atoms with van der Waals surface area (Å²) in [6.45, 7) is 4.83. The highest BCUT2D eigenvalue weighted by Crippen LogP contribution is 2.31. The Morgan fingerprint density at radius 2 is 1.76 bits per heavy atom. The van der Waals surface area contributed by atoms with Crippen molar-refractivity contribution in [1.82, 2.24) is 29.3 Å². The van der Waals surface area contributed by atoms with Crippen LogP contribution in [0.15, 0.2) is 54.9 Å². The molecule has 1 aromatic carbocycles. The van der Waals surface area contributed by atoms with Crippen LogP contribution in [0.3, 0.4) is 0 Å². The fraction of sp³-hybridized carbons (Fsp3) is 0.444. The molecule has 0 spiro atoms. The van der Waals surface area contributed by atoms with Crippen LogP contribution in [0, 0.1) is 5.92 Å². The Kier molecular flexibility index (Phi) is 5.68. The summed E-state index contributed by atoms with van der Waals surface area (Å²) in [6.07, 6.45) is 12.6. The van der Waals surface area contributed by atoms with Crippen LogP contribution in [-0.2, 0) is 19.4 Å². The maximum Gasteiger partial charge on any atom is 0.156 e. The van der Waals surface area contributed by atoms with Gasteiger partial charge in [0.2, 0.25) is 0 Å². The summed E-state index contributed by atoms with van der Waals surface area (Å²) in [7, 11) is 0. The van der Waals surface area contributed by atoms with Crippen molar-refractivity contribution in [2.24, 2.45) is 5.92 Å². The highest BCUT2D eigenvalue weighted by atomic mass is 15.3. The lowest BCUT2D eigenvalue weighted by Gasteiger charge is -2.13. The predicted molar refractivity (Wildman–Crippen MR) is 130 cm³/mol. The quantitative estimate of drug-likeness (QED) is 0.381. The van der Waals surface area contributed by atoms with Gasteiger partial charge in [0.1, 0.15) is 0 Å². The molecule has 3 aromatic heterocycles. The van der Waals surface area contributed by atoms with Gasteiger partial charge in [0.05, 0.1) is 11.9 Å². The third kappa shape index (κ3) is 4.86. The van der Waals surface area contributed by atoms with Gasteiger partial charge in [-0.05, 0) is 87.3 Å². The smallest absolute Gasteiger partial charge is 0.156 e. The molecule has 0 atom stereocenters. The second-order valence-electron chi connectivity index (χ2n) is 9.75. The molecule has 0 N–H and O–H groups in total. The normalized spacial score (nSPS) is 16.7. The molecule has 0 bridgehead atoms. The molecule has 170 valence electrons. The zero-order valence-corrected chi connectivity index (χ0v) is 19.2. The van der Waals surface area contributed by atoms with E-state index in [2.05, 4.69) is 57.3 Å². The average molecular weight is 441 g/mol. The highest BCUT2D eigenvalue weighted by Gasteiger charge is 2.22. The van der Waals surface area contributed by atoms with Crippen LogP contribution in [-0.4, -0.2) is 48.9 Å². The molecule has 6 heteroatoms. The molecule has 0 radical (unpaired) electrons. The minimum absolute atomic E-state index is 0.746. The van der Waals surface area contributed by atoms with E-state index < -0.39 is 0 Å². The van der Waals surface area contributed by atoms with Crippen molar-refractivity contribution in [3.63, 3.8) is 0 Å². The summed E-state index contributed by atoms with van der Waals surface area (Å²) in [6, 6.07) is 15.2. The first-order valence-electron chi connectivity index (χ1n) is 12.5. The molecule has 1 aliphatic carbocycles. The molecule has 1 saturated carbocycles. The monoisotopic (exact) mass is 440 g/mol. The minimum atomic E-state index is 0.746. The molecule has 6 nitrogen and oxygen atoms in total. The summed E-state index contributed by atoms with van der Waals surface area (Å²) in [5.41, 5.74) is 5.70.